The number of benzene rings is 2. The summed E-state index contributed by atoms with van der Waals surface area (Å²) in [6, 6.07) is 11.0. The van der Waals surface area contributed by atoms with Crippen molar-refractivity contribution < 1.29 is 18.7 Å². The first-order chi connectivity index (χ1) is 18.0. The van der Waals surface area contributed by atoms with E-state index in [0.29, 0.717) is 50.5 Å². The van der Waals surface area contributed by atoms with Crippen molar-refractivity contribution in [3.8, 4) is 5.75 Å². The average Bonchev–Trinajstić information content (AvgIpc) is 3.27. The number of rotatable bonds is 12. The number of hydrogen-bond acceptors (Lipinski definition) is 5. The second-order valence-corrected chi connectivity index (χ2v) is 12.9. The summed E-state index contributed by atoms with van der Waals surface area (Å²) in [5, 5.41) is 8.41. The van der Waals surface area contributed by atoms with E-state index in [-0.39, 0.29) is 24.2 Å². The van der Waals surface area contributed by atoms with Crippen LogP contribution in [0, 0.1) is 5.82 Å². The number of thioether (sulfide) groups is 2. The zero-order chi connectivity index (χ0) is 28.1. The molecule has 0 bridgehead atoms. The number of ether oxygens (including phenoxy) is 1. The minimum Gasteiger partial charge on any atom is -0.482 e. The quantitative estimate of drug-likeness (QED) is 0.199. The Kier molecular flexibility index (Phi) is 14.2. The van der Waals surface area contributed by atoms with Crippen molar-refractivity contribution in [3.63, 3.8) is 0 Å². The molecule has 1 heterocycles. The fourth-order valence-electron chi connectivity index (χ4n) is 3.05. The summed E-state index contributed by atoms with van der Waals surface area (Å²) in [5.74, 6) is 1.63. The third kappa shape index (κ3) is 12.2. The first-order valence-electron chi connectivity index (χ1n) is 12.2. The molecule has 2 amide bonds. The topological polar surface area (TPSA) is 83.2 Å². The van der Waals surface area contributed by atoms with Crippen LogP contribution in [0.15, 0.2) is 42.5 Å². The zero-order valence-corrected chi connectivity index (χ0v) is 25.1. The Bertz CT molecular complexity index is 1190. The summed E-state index contributed by atoms with van der Waals surface area (Å²) >= 11 is 15.3. The summed E-state index contributed by atoms with van der Waals surface area (Å²) in [6.45, 7) is 9.71. The molecule has 0 radical (unpaired) electrons. The van der Waals surface area contributed by atoms with Crippen LogP contribution in [0.4, 0.5) is 4.39 Å². The van der Waals surface area contributed by atoms with Crippen LogP contribution in [0.3, 0.4) is 0 Å². The molecule has 3 N–H and O–H groups in total. The van der Waals surface area contributed by atoms with Gasteiger partial charge in [-0.25, -0.2) is 4.39 Å². The Morgan fingerprint density at radius 1 is 0.947 bits per heavy atom. The predicted octanol–water partition coefficient (Wildman–Crippen LogP) is 6.81. The molecule has 0 unspecified atom stereocenters. The summed E-state index contributed by atoms with van der Waals surface area (Å²) in [6.07, 6.45) is 0. The molecule has 0 saturated carbocycles. The molecule has 3 rings (SSSR count). The van der Waals surface area contributed by atoms with Crippen molar-refractivity contribution in [1.82, 2.24) is 15.6 Å². The number of nitrogens with one attached hydrogen (secondary N) is 3. The Hall–Kier alpha value is -2.07. The first kappa shape index (κ1) is 32.1. The molecule has 0 saturated heterocycles. The molecule has 208 valence electrons. The number of H-pyrrole nitrogens is 1. The van der Waals surface area contributed by atoms with Gasteiger partial charge in [-0.15, -0.1) is 0 Å². The van der Waals surface area contributed by atoms with E-state index in [0.717, 1.165) is 17.0 Å². The van der Waals surface area contributed by atoms with Gasteiger partial charge in [-0.3, -0.25) is 9.59 Å². The van der Waals surface area contributed by atoms with E-state index in [4.69, 9.17) is 27.9 Å². The van der Waals surface area contributed by atoms with Gasteiger partial charge in [0.25, 0.3) is 11.8 Å². The van der Waals surface area contributed by atoms with Gasteiger partial charge < -0.3 is 20.4 Å². The van der Waals surface area contributed by atoms with Crippen LogP contribution >= 0.6 is 46.7 Å². The normalized spacial score (nSPS) is 10.9. The lowest BCUT2D eigenvalue weighted by molar-refractivity contribution is -0.122. The lowest BCUT2D eigenvalue weighted by Crippen LogP contribution is -2.30. The maximum atomic E-state index is 13.1. The fraction of sp³-hybridized carbons (Fsp3) is 0.407. The van der Waals surface area contributed by atoms with E-state index in [1.165, 1.54) is 12.1 Å². The van der Waals surface area contributed by atoms with Crippen LogP contribution in [0.2, 0.25) is 10.0 Å². The SMILES string of the molecule is CC(C)SCCNC(=O)COc1ccc(Cl)cc1Cl.CC(C)SCCNC(=O)c1cc2cc(F)ccc2[nH]1. The Morgan fingerprint density at radius 2 is 1.61 bits per heavy atom. The van der Waals surface area contributed by atoms with Crippen molar-refractivity contribution in [2.24, 2.45) is 0 Å². The molecule has 2 aromatic carbocycles. The molecule has 0 aliphatic carbocycles. The first-order valence-corrected chi connectivity index (χ1v) is 15.0. The molecule has 0 aliphatic heterocycles. The minimum absolute atomic E-state index is 0.0479. The third-order valence-electron chi connectivity index (χ3n) is 4.79. The van der Waals surface area contributed by atoms with E-state index < -0.39 is 0 Å². The molecule has 1 aromatic heterocycles. The number of amides is 2. The molecular weight excluding hydrogens is 568 g/mol. The van der Waals surface area contributed by atoms with Gasteiger partial charge in [-0.1, -0.05) is 50.9 Å². The van der Waals surface area contributed by atoms with Crippen molar-refractivity contribution in [2.75, 3.05) is 31.2 Å². The van der Waals surface area contributed by atoms with E-state index in [1.807, 2.05) is 0 Å². The van der Waals surface area contributed by atoms with Gasteiger partial charge in [-0.05, 0) is 53.0 Å². The molecule has 0 fully saturated rings. The van der Waals surface area contributed by atoms with Gasteiger partial charge in [0.1, 0.15) is 17.3 Å². The molecule has 0 aliphatic rings. The highest BCUT2D eigenvalue weighted by Gasteiger charge is 2.10. The lowest BCUT2D eigenvalue weighted by atomic mass is 10.2. The zero-order valence-electron chi connectivity index (χ0n) is 21.9. The van der Waals surface area contributed by atoms with Gasteiger partial charge in [0, 0.05) is 40.5 Å². The second kappa shape index (κ2) is 16.8. The molecule has 11 heteroatoms. The van der Waals surface area contributed by atoms with Crippen LogP contribution in [-0.2, 0) is 4.79 Å². The lowest BCUT2D eigenvalue weighted by Gasteiger charge is -2.09. The smallest absolute Gasteiger partial charge is 0.267 e. The third-order valence-corrected chi connectivity index (χ3v) is 7.54. The number of carbonyl (C=O) groups is 2. The summed E-state index contributed by atoms with van der Waals surface area (Å²) in [4.78, 5) is 26.4. The molecule has 3 aromatic rings. The number of aromatic nitrogens is 1. The van der Waals surface area contributed by atoms with Crippen LogP contribution in [0.5, 0.6) is 5.75 Å². The van der Waals surface area contributed by atoms with Gasteiger partial charge in [0.05, 0.1) is 5.02 Å². The second-order valence-electron chi connectivity index (χ2n) is 8.72. The molecular formula is C27H34Cl2FN3O3S2. The van der Waals surface area contributed by atoms with Gasteiger partial charge in [0.2, 0.25) is 0 Å². The molecule has 6 nitrogen and oxygen atoms in total. The number of carbonyl (C=O) groups excluding carboxylic acids is 2. The van der Waals surface area contributed by atoms with Gasteiger partial charge >= 0.3 is 0 Å². The fourth-order valence-corrected chi connectivity index (χ4v) is 4.90. The maximum Gasteiger partial charge on any atom is 0.267 e. The minimum atomic E-state index is -0.299. The van der Waals surface area contributed by atoms with Crippen molar-refractivity contribution in [2.45, 2.75) is 38.2 Å². The van der Waals surface area contributed by atoms with Crippen LogP contribution < -0.4 is 15.4 Å². The van der Waals surface area contributed by atoms with Crippen molar-refractivity contribution >= 4 is 69.4 Å². The van der Waals surface area contributed by atoms with Gasteiger partial charge in [0.15, 0.2) is 6.61 Å². The molecule has 0 atom stereocenters. The van der Waals surface area contributed by atoms with E-state index >= 15 is 0 Å². The average molecular weight is 603 g/mol. The number of aromatic amines is 1. The predicted molar refractivity (Wildman–Crippen MR) is 161 cm³/mol. The Morgan fingerprint density at radius 3 is 2.24 bits per heavy atom. The van der Waals surface area contributed by atoms with E-state index in [2.05, 4.69) is 43.3 Å². The largest absolute Gasteiger partial charge is 0.482 e. The summed E-state index contributed by atoms with van der Waals surface area (Å²) < 4.78 is 18.4. The highest BCUT2D eigenvalue weighted by molar-refractivity contribution is 8.00. The maximum absolute atomic E-state index is 13.1. The monoisotopic (exact) mass is 601 g/mol. The van der Waals surface area contributed by atoms with Gasteiger partial charge in [-0.2, -0.15) is 23.5 Å². The molecule has 0 spiro atoms. The van der Waals surface area contributed by atoms with Crippen LogP contribution in [0.1, 0.15) is 38.2 Å². The Labute approximate surface area is 242 Å². The highest BCUT2D eigenvalue weighted by atomic mass is 35.5. The summed E-state index contributed by atoms with van der Waals surface area (Å²) in [7, 11) is 0. The Balaban J connectivity index is 0.000000267. The van der Waals surface area contributed by atoms with E-state index in [9.17, 15) is 14.0 Å². The number of fused-ring (bicyclic) bond motifs is 1. The van der Waals surface area contributed by atoms with E-state index in [1.54, 1.807) is 53.9 Å². The van der Waals surface area contributed by atoms with Crippen molar-refractivity contribution in [3.05, 3.63) is 64.0 Å². The standard InChI is InChI=1S/C14H17FN2OS.C13H17Cl2NO2S/c1-9(2)19-6-5-16-14(18)13-8-10-7-11(15)3-4-12(10)17-13;1-9(2)19-6-5-16-13(17)8-18-12-4-3-10(14)7-11(12)15/h3-4,7-9,17H,5-6H2,1-2H3,(H,16,18);3-4,7,9H,5-6,8H2,1-2H3,(H,16,17). The van der Waals surface area contributed by atoms with Crippen molar-refractivity contribution in [1.29, 1.82) is 0 Å². The number of hydrogen-bond donors (Lipinski definition) is 3. The number of halogens is 3. The summed E-state index contributed by atoms with van der Waals surface area (Å²) in [5.41, 5.74) is 1.23. The highest BCUT2D eigenvalue weighted by Crippen LogP contribution is 2.27. The van der Waals surface area contributed by atoms with Crippen LogP contribution in [-0.4, -0.2) is 58.5 Å². The van der Waals surface area contributed by atoms with Crippen LogP contribution in [0.25, 0.3) is 10.9 Å². The molecule has 38 heavy (non-hydrogen) atoms.